The van der Waals surface area contributed by atoms with Crippen molar-refractivity contribution in [3.05, 3.63) is 35.4 Å². The molecule has 1 fully saturated rings. The van der Waals surface area contributed by atoms with Gasteiger partial charge in [-0.3, -0.25) is 9.69 Å². The van der Waals surface area contributed by atoms with Crippen molar-refractivity contribution in [1.29, 1.82) is 0 Å². The lowest BCUT2D eigenvalue weighted by molar-refractivity contribution is 0.0941. The molecule has 0 aromatic heterocycles. The van der Waals surface area contributed by atoms with E-state index in [1.165, 1.54) is 5.56 Å². The summed E-state index contributed by atoms with van der Waals surface area (Å²) in [7, 11) is 2.15. The molecule has 0 spiro atoms. The van der Waals surface area contributed by atoms with Crippen molar-refractivity contribution in [3.63, 3.8) is 0 Å². The monoisotopic (exact) mass is 362 g/mol. The zero-order valence-corrected chi connectivity index (χ0v) is 15.5. The average molecular weight is 363 g/mol. The van der Waals surface area contributed by atoms with Crippen LogP contribution in [0.25, 0.3) is 0 Å². The number of piperazine rings is 1. The van der Waals surface area contributed by atoms with Gasteiger partial charge in [-0.25, -0.2) is 0 Å². The second kappa shape index (κ2) is 10.8. The van der Waals surface area contributed by atoms with E-state index >= 15 is 0 Å². The first-order chi connectivity index (χ1) is 10.1. The summed E-state index contributed by atoms with van der Waals surface area (Å²) in [5.74, 6) is -0.0480. The Morgan fingerprint density at radius 2 is 1.91 bits per heavy atom. The molecule has 1 aromatic carbocycles. The van der Waals surface area contributed by atoms with Crippen molar-refractivity contribution in [2.24, 2.45) is 5.73 Å². The molecule has 1 amide bonds. The maximum absolute atomic E-state index is 12.1. The number of hydrogen-bond acceptors (Lipinski definition) is 4. The lowest BCUT2D eigenvalue weighted by Crippen LogP contribution is -2.43. The summed E-state index contributed by atoms with van der Waals surface area (Å²) in [5, 5.41) is 2.90. The molecule has 132 valence electrons. The molecule has 0 aliphatic carbocycles. The average Bonchev–Trinajstić information content (AvgIpc) is 2.49. The Morgan fingerprint density at radius 1 is 1.26 bits per heavy atom. The van der Waals surface area contributed by atoms with E-state index in [2.05, 4.69) is 28.2 Å². The summed E-state index contributed by atoms with van der Waals surface area (Å²) in [4.78, 5) is 16.9. The number of rotatable bonds is 5. The SMILES string of the molecule is C[C@@H](CN)NC(=O)c1cccc(CN2CCN(C)CC2)c1.Cl.Cl. The van der Waals surface area contributed by atoms with E-state index in [9.17, 15) is 4.79 Å². The number of likely N-dealkylation sites (N-methyl/N-ethyl adjacent to an activating group) is 1. The van der Waals surface area contributed by atoms with Crippen LogP contribution in [-0.4, -0.2) is 61.5 Å². The largest absolute Gasteiger partial charge is 0.348 e. The second-order valence-corrected chi connectivity index (χ2v) is 5.89. The van der Waals surface area contributed by atoms with Crippen molar-refractivity contribution in [1.82, 2.24) is 15.1 Å². The fourth-order valence-corrected chi connectivity index (χ4v) is 2.44. The Bertz CT molecular complexity index is 479. The van der Waals surface area contributed by atoms with E-state index in [1.54, 1.807) is 0 Å². The van der Waals surface area contributed by atoms with Gasteiger partial charge in [-0.15, -0.1) is 24.8 Å². The quantitative estimate of drug-likeness (QED) is 0.829. The first kappa shape index (κ1) is 22.1. The highest BCUT2D eigenvalue weighted by Gasteiger charge is 2.15. The van der Waals surface area contributed by atoms with Crippen LogP contribution in [0.2, 0.25) is 0 Å². The van der Waals surface area contributed by atoms with Crippen molar-refractivity contribution in [2.75, 3.05) is 39.8 Å². The molecular formula is C16H28Cl2N4O. The molecule has 1 saturated heterocycles. The Balaban J connectivity index is 0.00000242. The van der Waals surface area contributed by atoms with Gasteiger partial charge in [-0.05, 0) is 31.7 Å². The summed E-state index contributed by atoms with van der Waals surface area (Å²) in [6.07, 6.45) is 0. The normalized spacial score (nSPS) is 16.8. The molecular weight excluding hydrogens is 335 g/mol. The minimum Gasteiger partial charge on any atom is -0.348 e. The second-order valence-electron chi connectivity index (χ2n) is 5.89. The molecule has 0 unspecified atom stereocenters. The van der Waals surface area contributed by atoms with Crippen LogP contribution in [0.1, 0.15) is 22.8 Å². The van der Waals surface area contributed by atoms with E-state index in [0.717, 1.165) is 32.7 Å². The van der Waals surface area contributed by atoms with Gasteiger partial charge in [0, 0.05) is 50.9 Å². The number of carbonyl (C=O) groups is 1. The fraction of sp³-hybridized carbons (Fsp3) is 0.562. The highest BCUT2D eigenvalue weighted by atomic mass is 35.5. The number of carbonyl (C=O) groups excluding carboxylic acids is 1. The molecule has 5 nitrogen and oxygen atoms in total. The molecule has 23 heavy (non-hydrogen) atoms. The van der Waals surface area contributed by atoms with Crippen LogP contribution in [0.3, 0.4) is 0 Å². The Labute approximate surface area is 151 Å². The third-order valence-electron chi connectivity index (χ3n) is 3.92. The number of nitrogens with one attached hydrogen (secondary N) is 1. The number of amides is 1. The van der Waals surface area contributed by atoms with Crippen molar-refractivity contribution in [2.45, 2.75) is 19.5 Å². The summed E-state index contributed by atoms with van der Waals surface area (Å²) in [6, 6.07) is 7.87. The number of nitrogens with two attached hydrogens (primary N) is 1. The molecule has 1 aliphatic heterocycles. The summed E-state index contributed by atoms with van der Waals surface area (Å²) in [5.41, 5.74) is 7.44. The predicted molar refractivity (Wildman–Crippen MR) is 99.7 cm³/mol. The molecule has 1 aliphatic rings. The molecule has 0 bridgehead atoms. The lowest BCUT2D eigenvalue weighted by Gasteiger charge is -2.32. The predicted octanol–water partition coefficient (Wildman–Crippen LogP) is 1.35. The third-order valence-corrected chi connectivity index (χ3v) is 3.92. The highest BCUT2D eigenvalue weighted by molar-refractivity contribution is 5.94. The number of nitrogens with zero attached hydrogens (tertiary/aromatic N) is 2. The first-order valence-electron chi connectivity index (χ1n) is 7.59. The van der Waals surface area contributed by atoms with Gasteiger partial charge in [0.15, 0.2) is 0 Å². The molecule has 0 radical (unpaired) electrons. The molecule has 3 N–H and O–H groups in total. The van der Waals surface area contributed by atoms with Gasteiger partial charge < -0.3 is 16.0 Å². The smallest absolute Gasteiger partial charge is 0.251 e. The van der Waals surface area contributed by atoms with Gasteiger partial charge in [-0.2, -0.15) is 0 Å². The minimum absolute atomic E-state index is 0. The maximum Gasteiger partial charge on any atom is 0.251 e. The summed E-state index contributed by atoms with van der Waals surface area (Å²) < 4.78 is 0. The Kier molecular flexibility index (Phi) is 10.4. The Hall–Kier alpha value is -0.850. The molecule has 2 rings (SSSR count). The van der Waals surface area contributed by atoms with Crippen molar-refractivity contribution >= 4 is 30.7 Å². The lowest BCUT2D eigenvalue weighted by atomic mass is 10.1. The Morgan fingerprint density at radius 3 is 2.52 bits per heavy atom. The fourth-order valence-electron chi connectivity index (χ4n) is 2.44. The number of halogens is 2. The molecule has 7 heteroatoms. The zero-order valence-electron chi connectivity index (χ0n) is 13.8. The van der Waals surface area contributed by atoms with Crippen molar-refractivity contribution in [3.8, 4) is 0 Å². The van der Waals surface area contributed by atoms with E-state index in [1.807, 2.05) is 25.1 Å². The van der Waals surface area contributed by atoms with Crippen LogP contribution in [0.4, 0.5) is 0 Å². The topological polar surface area (TPSA) is 61.6 Å². The first-order valence-corrected chi connectivity index (χ1v) is 7.59. The van der Waals surface area contributed by atoms with E-state index in [0.29, 0.717) is 12.1 Å². The number of benzene rings is 1. The third kappa shape index (κ3) is 7.06. The highest BCUT2D eigenvalue weighted by Crippen LogP contribution is 2.10. The molecule has 0 saturated carbocycles. The summed E-state index contributed by atoms with van der Waals surface area (Å²) in [6.45, 7) is 7.64. The van der Waals surface area contributed by atoms with Gasteiger partial charge >= 0.3 is 0 Å². The maximum atomic E-state index is 12.1. The van der Waals surface area contributed by atoms with Crippen LogP contribution in [0.5, 0.6) is 0 Å². The van der Waals surface area contributed by atoms with Gasteiger partial charge in [0.05, 0.1) is 0 Å². The number of hydrogen-bond donors (Lipinski definition) is 2. The van der Waals surface area contributed by atoms with Gasteiger partial charge in [0.2, 0.25) is 0 Å². The van der Waals surface area contributed by atoms with Crippen molar-refractivity contribution < 1.29 is 4.79 Å². The molecule has 1 aromatic rings. The van der Waals surface area contributed by atoms with Crippen LogP contribution in [0.15, 0.2) is 24.3 Å². The van der Waals surface area contributed by atoms with Gasteiger partial charge in [-0.1, -0.05) is 12.1 Å². The molecule has 1 heterocycles. The summed E-state index contributed by atoms with van der Waals surface area (Å²) >= 11 is 0. The standard InChI is InChI=1S/C16H26N4O.2ClH/c1-13(11-17)18-16(21)15-5-3-4-14(10-15)12-20-8-6-19(2)7-9-20;;/h3-5,10,13H,6-9,11-12,17H2,1-2H3,(H,18,21);2*1H/t13-;;/m0../s1. The van der Waals surface area contributed by atoms with Crippen LogP contribution in [0, 0.1) is 0 Å². The molecule has 1 atom stereocenters. The van der Waals surface area contributed by atoms with Crippen LogP contribution >= 0.6 is 24.8 Å². The van der Waals surface area contributed by atoms with E-state index < -0.39 is 0 Å². The van der Waals surface area contributed by atoms with E-state index in [4.69, 9.17) is 5.73 Å². The van der Waals surface area contributed by atoms with Crippen LogP contribution in [-0.2, 0) is 6.54 Å². The zero-order chi connectivity index (χ0) is 15.2. The van der Waals surface area contributed by atoms with E-state index in [-0.39, 0.29) is 36.8 Å². The van der Waals surface area contributed by atoms with Crippen LogP contribution < -0.4 is 11.1 Å². The minimum atomic E-state index is -0.0480. The van der Waals surface area contributed by atoms with Gasteiger partial charge in [0.25, 0.3) is 5.91 Å². The van der Waals surface area contributed by atoms with Gasteiger partial charge in [0.1, 0.15) is 0 Å².